The van der Waals surface area contributed by atoms with Gasteiger partial charge in [-0.1, -0.05) is 6.92 Å². The Hall–Kier alpha value is -1.56. The molecule has 17 heavy (non-hydrogen) atoms. The highest BCUT2D eigenvalue weighted by Gasteiger charge is 2.04. The van der Waals surface area contributed by atoms with Crippen molar-refractivity contribution in [2.45, 2.75) is 13.3 Å². The highest BCUT2D eigenvalue weighted by Crippen LogP contribution is 2.04. The van der Waals surface area contributed by atoms with Gasteiger partial charge in [-0.2, -0.15) is 11.8 Å². The van der Waals surface area contributed by atoms with Crippen LogP contribution < -0.4 is 0 Å². The molecule has 1 rings (SSSR count). The summed E-state index contributed by atoms with van der Waals surface area (Å²) in [5, 5.41) is 14.8. The van der Waals surface area contributed by atoms with E-state index < -0.39 is 11.9 Å². The lowest BCUT2D eigenvalue weighted by Crippen LogP contribution is -2.09. The Labute approximate surface area is 104 Å². The molecule has 6 heteroatoms. The molecule has 0 unspecified atom stereocenters. The molecule has 0 aliphatic heterocycles. The van der Waals surface area contributed by atoms with Gasteiger partial charge in [0.1, 0.15) is 0 Å². The van der Waals surface area contributed by atoms with E-state index in [1.165, 1.54) is 23.5 Å². The largest absolute Gasteiger partial charge is 0.473 e. The molecule has 0 saturated carbocycles. The van der Waals surface area contributed by atoms with Crippen LogP contribution in [0.2, 0.25) is 0 Å². The molecule has 0 radical (unpaired) electrons. The molecule has 0 amide bonds. The van der Waals surface area contributed by atoms with Gasteiger partial charge in [0.25, 0.3) is 0 Å². The first-order valence-electron chi connectivity index (χ1n) is 5.00. The van der Waals surface area contributed by atoms with Gasteiger partial charge in [-0.15, -0.1) is 0 Å². The van der Waals surface area contributed by atoms with E-state index in [2.05, 4.69) is 24.0 Å². The van der Waals surface area contributed by atoms with Crippen molar-refractivity contribution in [3.8, 4) is 0 Å². The second kappa shape index (κ2) is 9.65. The molecule has 1 aromatic rings. The third kappa shape index (κ3) is 9.37. The summed E-state index contributed by atoms with van der Waals surface area (Å²) in [7, 11) is 0. The first kappa shape index (κ1) is 15.4. The summed E-state index contributed by atoms with van der Waals surface area (Å²) < 4.78 is 0. The number of carboxylic acids is 2. The van der Waals surface area contributed by atoms with Gasteiger partial charge in [0, 0.05) is 12.4 Å². The molecule has 0 bridgehead atoms. The average molecular weight is 257 g/mol. The lowest BCUT2D eigenvalue weighted by molar-refractivity contribution is -0.159. The molecular formula is C11H15NO4S. The van der Waals surface area contributed by atoms with Gasteiger partial charge in [0.05, 0.1) is 0 Å². The van der Waals surface area contributed by atoms with Gasteiger partial charge in [0.15, 0.2) is 0 Å². The Kier molecular flexibility index (Phi) is 8.77. The molecule has 0 atom stereocenters. The number of carbonyl (C=O) groups is 2. The first-order valence-corrected chi connectivity index (χ1v) is 6.16. The number of thioether (sulfide) groups is 1. The zero-order valence-electron chi connectivity index (χ0n) is 9.50. The molecule has 0 aromatic carbocycles. The Balaban J connectivity index is 0.000000366. The fraction of sp³-hybridized carbons (Fsp3) is 0.364. The molecule has 0 aliphatic rings. The van der Waals surface area contributed by atoms with E-state index in [9.17, 15) is 0 Å². The van der Waals surface area contributed by atoms with Crippen LogP contribution in [0.1, 0.15) is 12.5 Å². The van der Waals surface area contributed by atoms with Crippen LogP contribution in [0, 0.1) is 0 Å². The lowest BCUT2D eigenvalue weighted by Gasteiger charge is -1.97. The maximum atomic E-state index is 9.10. The number of hydrogen-bond donors (Lipinski definition) is 2. The molecule has 5 nitrogen and oxygen atoms in total. The fourth-order valence-electron chi connectivity index (χ4n) is 0.884. The van der Waals surface area contributed by atoms with Gasteiger partial charge >= 0.3 is 11.9 Å². The monoisotopic (exact) mass is 257 g/mol. The Morgan fingerprint density at radius 1 is 1.24 bits per heavy atom. The standard InChI is InChI=1S/C9H13NS.C2H2O4/c1-2-11-8-5-9-3-6-10-7-4-9;3-1(4)2(5)6/h3-4,6-7H,2,5,8H2,1H3;(H,3,4)(H,5,6). The summed E-state index contributed by atoms with van der Waals surface area (Å²) in [6.45, 7) is 2.19. The number of rotatable bonds is 4. The van der Waals surface area contributed by atoms with E-state index in [1.807, 2.05) is 24.2 Å². The Bertz CT molecular complexity index is 331. The Morgan fingerprint density at radius 2 is 1.76 bits per heavy atom. The van der Waals surface area contributed by atoms with Crippen LogP contribution in [0.5, 0.6) is 0 Å². The zero-order valence-corrected chi connectivity index (χ0v) is 10.3. The van der Waals surface area contributed by atoms with Gasteiger partial charge < -0.3 is 10.2 Å². The van der Waals surface area contributed by atoms with E-state index in [0.29, 0.717) is 0 Å². The second-order valence-corrected chi connectivity index (χ2v) is 4.31. The topological polar surface area (TPSA) is 87.5 Å². The number of hydrogen-bond acceptors (Lipinski definition) is 4. The van der Waals surface area contributed by atoms with Crippen molar-refractivity contribution in [2.24, 2.45) is 0 Å². The first-order chi connectivity index (χ1) is 8.07. The van der Waals surface area contributed by atoms with Crippen molar-refractivity contribution in [3.63, 3.8) is 0 Å². The number of aromatic nitrogens is 1. The van der Waals surface area contributed by atoms with Crippen LogP contribution in [-0.4, -0.2) is 38.6 Å². The fourth-order valence-corrected chi connectivity index (χ4v) is 1.55. The van der Waals surface area contributed by atoms with Crippen molar-refractivity contribution >= 4 is 23.7 Å². The van der Waals surface area contributed by atoms with Gasteiger partial charge in [-0.25, -0.2) is 9.59 Å². The van der Waals surface area contributed by atoms with Gasteiger partial charge in [-0.3, -0.25) is 4.98 Å². The third-order valence-corrected chi connectivity index (χ3v) is 2.57. The van der Waals surface area contributed by atoms with E-state index in [1.54, 1.807) is 0 Å². The van der Waals surface area contributed by atoms with Crippen LogP contribution >= 0.6 is 11.8 Å². The minimum Gasteiger partial charge on any atom is -0.473 e. The predicted octanol–water partition coefficient (Wildman–Crippen LogP) is 1.53. The number of aliphatic carboxylic acids is 2. The molecule has 0 fully saturated rings. The van der Waals surface area contributed by atoms with E-state index in [-0.39, 0.29) is 0 Å². The minimum atomic E-state index is -1.82. The maximum Gasteiger partial charge on any atom is 0.414 e. The summed E-state index contributed by atoms with van der Waals surface area (Å²) in [6.07, 6.45) is 4.87. The van der Waals surface area contributed by atoms with Gasteiger partial charge in [-0.05, 0) is 35.6 Å². The normalized spacial score (nSPS) is 9.00. The summed E-state index contributed by atoms with van der Waals surface area (Å²) in [5.41, 5.74) is 1.39. The van der Waals surface area contributed by atoms with Crippen LogP contribution in [0.4, 0.5) is 0 Å². The van der Waals surface area contributed by atoms with E-state index in [0.717, 1.165) is 0 Å². The summed E-state index contributed by atoms with van der Waals surface area (Å²) in [4.78, 5) is 22.2. The Morgan fingerprint density at radius 3 is 2.18 bits per heavy atom. The number of carboxylic acid groups (broad SMARTS) is 2. The molecule has 1 aromatic heterocycles. The highest BCUT2D eigenvalue weighted by molar-refractivity contribution is 7.99. The summed E-state index contributed by atoms with van der Waals surface area (Å²) in [5.74, 6) is -1.21. The highest BCUT2D eigenvalue weighted by atomic mass is 32.2. The second-order valence-electron chi connectivity index (χ2n) is 2.91. The average Bonchev–Trinajstić information content (AvgIpc) is 2.31. The lowest BCUT2D eigenvalue weighted by atomic mass is 10.2. The zero-order chi connectivity index (χ0) is 13.1. The molecule has 0 saturated heterocycles. The van der Waals surface area contributed by atoms with Crippen molar-refractivity contribution in [2.75, 3.05) is 11.5 Å². The quantitative estimate of drug-likeness (QED) is 0.628. The van der Waals surface area contributed by atoms with E-state index in [4.69, 9.17) is 19.8 Å². The van der Waals surface area contributed by atoms with Crippen molar-refractivity contribution < 1.29 is 19.8 Å². The van der Waals surface area contributed by atoms with Crippen LogP contribution in [-0.2, 0) is 16.0 Å². The number of pyridine rings is 1. The van der Waals surface area contributed by atoms with Crippen LogP contribution in [0.3, 0.4) is 0 Å². The minimum absolute atomic E-state index is 1.17. The molecule has 2 N–H and O–H groups in total. The van der Waals surface area contributed by atoms with Crippen LogP contribution in [0.15, 0.2) is 24.5 Å². The molecule has 1 heterocycles. The number of aryl methyl sites for hydroxylation is 1. The molecule has 0 spiro atoms. The van der Waals surface area contributed by atoms with Gasteiger partial charge in [0.2, 0.25) is 0 Å². The molecule has 0 aliphatic carbocycles. The predicted molar refractivity (Wildman–Crippen MR) is 66.2 cm³/mol. The van der Waals surface area contributed by atoms with Crippen molar-refractivity contribution in [1.82, 2.24) is 4.98 Å². The number of nitrogens with zero attached hydrogens (tertiary/aromatic N) is 1. The van der Waals surface area contributed by atoms with Crippen LogP contribution in [0.25, 0.3) is 0 Å². The van der Waals surface area contributed by atoms with E-state index >= 15 is 0 Å². The summed E-state index contributed by atoms with van der Waals surface area (Å²) >= 11 is 1.98. The van der Waals surface area contributed by atoms with Crippen molar-refractivity contribution in [1.29, 1.82) is 0 Å². The van der Waals surface area contributed by atoms with Crippen molar-refractivity contribution in [3.05, 3.63) is 30.1 Å². The SMILES string of the molecule is CCSCCc1ccncc1.O=C(O)C(=O)O. The third-order valence-electron chi connectivity index (χ3n) is 1.67. The molecule has 94 valence electrons. The molecular weight excluding hydrogens is 242 g/mol. The summed E-state index contributed by atoms with van der Waals surface area (Å²) in [6, 6.07) is 4.16. The smallest absolute Gasteiger partial charge is 0.414 e. The maximum absolute atomic E-state index is 9.10.